The van der Waals surface area contributed by atoms with E-state index in [2.05, 4.69) is 10.6 Å². The first kappa shape index (κ1) is 15.6. The van der Waals surface area contributed by atoms with Gasteiger partial charge in [-0.15, -0.1) is 0 Å². The number of halogens is 1. The number of benzene rings is 1. The van der Waals surface area contributed by atoms with Crippen LogP contribution in [0.4, 0.5) is 10.5 Å². The van der Waals surface area contributed by atoms with Gasteiger partial charge in [0.2, 0.25) is 0 Å². The van der Waals surface area contributed by atoms with Crippen molar-refractivity contribution in [2.24, 2.45) is 5.92 Å². The quantitative estimate of drug-likeness (QED) is 0.797. The van der Waals surface area contributed by atoms with E-state index >= 15 is 0 Å². The predicted molar refractivity (Wildman–Crippen MR) is 79.0 cm³/mol. The maximum Gasteiger partial charge on any atom is 0.335 e. The summed E-state index contributed by atoms with van der Waals surface area (Å²) in [5.74, 6) is -0.679. The first-order chi connectivity index (χ1) is 10.0. The average molecular weight is 313 g/mol. The Balaban J connectivity index is 1.88. The van der Waals surface area contributed by atoms with E-state index in [0.717, 1.165) is 26.1 Å². The van der Waals surface area contributed by atoms with Crippen LogP contribution in [0.5, 0.6) is 0 Å². The van der Waals surface area contributed by atoms with E-state index in [4.69, 9.17) is 21.4 Å². The molecule has 1 aliphatic rings. The summed E-state index contributed by atoms with van der Waals surface area (Å²) in [6.45, 7) is 2.02. The Morgan fingerprint density at radius 3 is 2.67 bits per heavy atom. The maximum absolute atomic E-state index is 11.8. The minimum absolute atomic E-state index is 0.0298. The van der Waals surface area contributed by atoms with Crippen molar-refractivity contribution in [1.82, 2.24) is 5.32 Å². The average Bonchev–Trinajstić information content (AvgIpc) is 2.45. The Hall–Kier alpha value is -1.79. The van der Waals surface area contributed by atoms with Gasteiger partial charge in [-0.05, 0) is 37.0 Å². The number of nitrogens with one attached hydrogen (secondary N) is 2. The van der Waals surface area contributed by atoms with Crippen LogP contribution in [0.1, 0.15) is 23.2 Å². The number of carbonyl (C=O) groups excluding carboxylic acids is 1. The summed E-state index contributed by atoms with van der Waals surface area (Å²) >= 11 is 5.83. The second-order valence-corrected chi connectivity index (χ2v) is 5.36. The lowest BCUT2D eigenvalue weighted by atomic mass is 10.0. The van der Waals surface area contributed by atoms with Crippen LogP contribution in [0, 0.1) is 5.92 Å². The number of hydrogen-bond donors (Lipinski definition) is 3. The highest BCUT2D eigenvalue weighted by molar-refractivity contribution is 6.31. The van der Waals surface area contributed by atoms with Crippen molar-refractivity contribution < 1.29 is 19.4 Å². The van der Waals surface area contributed by atoms with Gasteiger partial charge in [-0.3, -0.25) is 0 Å². The molecule has 2 rings (SSSR count). The van der Waals surface area contributed by atoms with Gasteiger partial charge in [-0.25, -0.2) is 9.59 Å². The zero-order chi connectivity index (χ0) is 15.2. The number of ether oxygens (including phenoxy) is 1. The Morgan fingerprint density at radius 2 is 2.00 bits per heavy atom. The third-order valence-electron chi connectivity index (χ3n) is 3.29. The molecule has 0 radical (unpaired) electrons. The number of urea groups is 1. The predicted octanol–water partition coefficient (Wildman–Crippen LogP) is 2.59. The van der Waals surface area contributed by atoms with E-state index in [9.17, 15) is 9.59 Å². The number of carboxylic acid groups (broad SMARTS) is 1. The summed E-state index contributed by atoms with van der Waals surface area (Å²) < 4.78 is 5.25. The Kier molecular flexibility index (Phi) is 5.41. The van der Waals surface area contributed by atoms with Gasteiger partial charge in [0.1, 0.15) is 0 Å². The van der Waals surface area contributed by atoms with Gasteiger partial charge in [0.15, 0.2) is 0 Å². The lowest BCUT2D eigenvalue weighted by Gasteiger charge is -2.22. The minimum atomic E-state index is -1.09. The molecule has 1 aliphatic heterocycles. The summed E-state index contributed by atoms with van der Waals surface area (Å²) in [5.41, 5.74) is 0.381. The van der Waals surface area contributed by atoms with Crippen molar-refractivity contribution in [2.75, 3.05) is 25.1 Å². The highest BCUT2D eigenvalue weighted by Gasteiger charge is 2.15. The Labute approximate surface area is 127 Å². The number of hydrogen-bond acceptors (Lipinski definition) is 3. The van der Waals surface area contributed by atoms with Gasteiger partial charge < -0.3 is 20.5 Å². The molecule has 0 bridgehead atoms. The molecule has 114 valence electrons. The summed E-state index contributed by atoms with van der Waals surface area (Å²) in [6, 6.07) is 3.82. The molecule has 0 aromatic heterocycles. The molecule has 0 spiro atoms. The normalized spacial score (nSPS) is 15.5. The summed E-state index contributed by atoms with van der Waals surface area (Å²) in [7, 11) is 0. The van der Waals surface area contributed by atoms with Crippen LogP contribution in [-0.2, 0) is 4.74 Å². The number of aromatic carboxylic acids is 1. The fourth-order valence-electron chi connectivity index (χ4n) is 2.15. The van der Waals surface area contributed by atoms with Crippen molar-refractivity contribution >= 4 is 29.3 Å². The number of anilines is 1. The zero-order valence-corrected chi connectivity index (χ0v) is 12.2. The van der Waals surface area contributed by atoms with Crippen molar-refractivity contribution in [3.63, 3.8) is 0 Å². The van der Waals surface area contributed by atoms with Gasteiger partial charge in [0.05, 0.1) is 5.56 Å². The van der Waals surface area contributed by atoms with Crippen LogP contribution in [0.2, 0.25) is 5.02 Å². The molecular formula is C14H17ClN2O4. The molecule has 0 saturated carbocycles. The fraction of sp³-hybridized carbons (Fsp3) is 0.429. The van der Waals surface area contributed by atoms with Crippen LogP contribution in [0.3, 0.4) is 0 Å². The lowest BCUT2D eigenvalue weighted by Crippen LogP contribution is -2.35. The summed E-state index contributed by atoms with van der Waals surface area (Å²) in [6.07, 6.45) is 1.86. The molecule has 1 saturated heterocycles. The van der Waals surface area contributed by atoms with Gasteiger partial charge in [-0.1, -0.05) is 11.6 Å². The van der Waals surface area contributed by atoms with Crippen molar-refractivity contribution in [3.05, 3.63) is 28.8 Å². The molecule has 1 aromatic rings. The molecule has 2 amide bonds. The highest BCUT2D eigenvalue weighted by Crippen LogP contribution is 2.19. The topological polar surface area (TPSA) is 87.7 Å². The van der Waals surface area contributed by atoms with Gasteiger partial charge in [0.25, 0.3) is 0 Å². The zero-order valence-electron chi connectivity index (χ0n) is 11.4. The smallest absolute Gasteiger partial charge is 0.335 e. The molecule has 6 nitrogen and oxygen atoms in total. The SMILES string of the molecule is O=C(NCC1CCOCC1)Nc1cc(Cl)cc(C(=O)O)c1. The summed E-state index contributed by atoms with van der Waals surface area (Å²) in [4.78, 5) is 22.7. The van der Waals surface area contributed by atoms with E-state index in [1.165, 1.54) is 18.2 Å². The fourth-order valence-corrected chi connectivity index (χ4v) is 2.38. The molecule has 0 atom stereocenters. The molecule has 0 unspecified atom stereocenters. The molecule has 1 heterocycles. The number of carbonyl (C=O) groups is 2. The highest BCUT2D eigenvalue weighted by atomic mass is 35.5. The van der Waals surface area contributed by atoms with E-state index in [-0.39, 0.29) is 16.6 Å². The number of amides is 2. The first-order valence-corrected chi connectivity index (χ1v) is 7.09. The van der Waals surface area contributed by atoms with Gasteiger partial charge >= 0.3 is 12.0 Å². The van der Waals surface area contributed by atoms with Crippen molar-refractivity contribution in [3.8, 4) is 0 Å². The Morgan fingerprint density at radius 1 is 1.29 bits per heavy atom. The van der Waals surface area contributed by atoms with E-state index in [1.54, 1.807) is 0 Å². The second-order valence-electron chi connectivity index (χ2n) is 4.92. The van der Waals surface area contributed by atoms with Gasteiger partial charge in [-0.2, -0.15) is 0 Å². The molecular weight excluding hydrogens is 296 g/mol. The van der Waals surface area contributed by atoms with Crippen LogP contribution in [-0.4, -0.2) is 36.9 Å². The number of rotatable bonds is 4. The molecule has 0 aliphatic carbocycles. The standard InChI is InChI=1S/C14H17ClN2O4/c15-11-5-10(13(18)19)6-12(7-11)17-14(20)16-8-9-1-3-21-4-2-9/h5-7,9H,1-4,8H2,(H,18,19)(H2,16,17,20). The molecule has 1 fully saturated rings. The largest absolute Gasteiger partial charge is 0.478 e. The van der Waals surface area contributed by atoms with Crippen LogP contribution in [0.15, 0.2) is 18.2 Å². The van der Waals surface area contributed by atoms with Crippen molar-refractivity contribution in [2.45, 2.75) is 12.8 Å². The summed E-state index contributed by atoms with van der Waals surface area (Å²) in [5, 5.41) is 14.6. The lowest BCUT2D eigenvalue weighted by molar-refractivity contribution is 0.0670. The monoisotopic (exact) mass is 312 g/mol. The second kappa shape index (κ2) is 7.28. The third-order valence-corrected chi connectivity index (χ3v) is 3.51. The minimum Gasteiger partial charge on any atom is -0.478 e. The van der Waals surface area contributed by atoms with Crippen molar-refractivity contribution in [1.29, 1.82) is 0 Å². The molecule has 21 heavy (non-hydrogen) atoms. The van der Waals surface area contributed by atoms with Crippen LogP contribution < -0.4 is 10.6 Å². The maximum atomic E-state index is 11.8. The van der Waals surface area contributed by atoms with Gasteiger partial charge in [0, 0.05) is 30.5 Å². The number of carboxylic acids is 1. The van der Waals surface area contributed by atoms with Crippen LogP contribution >= 0.6 is 11.6 Å². The van der Waals surface area contributed by atoms with Crippen LogP contribution in [0.25, 0.3) is 0 Å². The van der Waals surface area contributed by atoms with E-state index in [1.807, 2.05) is 0 Å². The third kappa shape index (κ3) is 4.91. The molecule has 3 N–H and O–H groups in total. The molecule has 7 heteroatoms. The van der Waals surface area contributed by atoms with E-state index < -0.39 is 5.97 Å². The Bertz CT molecular complexity index is 530. The molecule has 1 aromatic carbocycles. The van der Waals surface area contributed by atoms with E-state index in [0.29, 0.717) is 18.2 Å². The first-order valence-electron chi connectivity index (χ1n) is 6.71.